The van der Waals surface area contributed by atoms with E-state index in [-0.39, 0.29) is 0 Å². The van der Waals surface area contributed by atoms with Crippen molar-refractivity contribution in [3.63, 3.8) is 0 Å². The zero-order chi connectivity index (χ0) is 13.9. The fourth-order valence-electron chi connectivity index (χ4n) is 2.08. The number of aliphatic hydroxyl groups is 1. The molecule has 19 heavy (non-hydrogen) atoms. The van der Waals surface area contributed by atoms with Crippen molar-refractivity contribution in [3.05, 3.63) is 30.5 Å². The summed E-state index contributed by atoms with van der Waals surface area (Å²) >= 11 is 0. The number of fused-ring (bicyclic) bond motifs is 1. The first kappa shape index (κ1) is 13.9. The normalized spacial score (nSPS) is 12.0. The molecule has 104 valence electrons. The molecule has 0 radical (unpaired) electrons. The molecule has 0 aliphatic carbocycles. The van der Waals surface area contributed by atoms with Gasteiger partial charge in [-0.3, -0.25) is 0 Å². The Kier molecular flexibility index (Phi) is 4.15. The van der Waals surface area contributed by atoms with Crippen LogP contribution >= 0.6 is 0 Å². The monoisotopic (exact) mass is 261 g/mol. The molecule has 1 aromatic carbocycles. The summed E-state index contributed by atoms with van der Waals surface area (Å²) in [7, 11) is 0. The van der Waals surface area contributed by atoms with Crippen LogP contribution < -0.4 is 4.74 Å². The molecule has 0 spiro atoms. The Balaban J connectivity index is 2.15. The van der Waals surface area contributed by atoms with Gasteiger partial charge in [-0.1, -0.05) is 6.92 Å². The maximum Gasteiger partial charge on any atom is 0.120 e. The standard InChI is InChI=1S/C16H23NO2/c1-4-11-19-14-5-6-15-13(12-14)7-9-17(15)10-8-16(2,3)18/h5-7,9,12,18H,4,8,10-11H2,1-3H3. The molecule has 0 amide bonds. The van der Waals surface area contributed by atoms with E-state index in [0.29, 0.717) is 0 Å². The fraction of sp³-hybridized carbons (Fsp3) is 0.500. The third kappa shape index (κ3) is 3.74. The van der Waals surface area contributed by atoms with Crippen LogP contribution in [0.25, 0.3) is 10.9 Å². The van der Waals surface area contributed by atoms with Gasteiger partial charge < -0.3 is 14.4 Å². The number of rotatable bonds is 6. The van der Waals surface area contributed by atoms with Crippen molar-refractivity contribution in [3.8, 4) is 5.75 Å². The minimum Gasteiger partial charge on any atom is -0.494 e. The quantitative estimate of drug-likeness (QED) is 0.862. The molecule has 0 aliphatic heterocycles. The Labute approximate surface area is 114 Å². The molecule has 0 unspecified atom stereocenters. The number of aromatic nitrogens is 1. The topological polar surface area (TPSA) is 34.4 Å². The predicted octanol–water partition coefficient (Wildman–Crippen LogP) is 3.59. The van der Waals surface area contributed by atoms with Crippen molar-refractivity contribution in [2.24, 2.45) is 0 Å². The van der Waals surface area contributed by atoms with Gasteiger partial charge in [-0.15, -0.1) is 0 Å². The SMILES string of the molecule is CCCOc1ccc2c(ccn2CCC(C)(C)O)c1. The molecule has 2 rings (SSSR count). The van der Waals surface area contributed by atoms with Gasteiger partial charge in [0.05, 0.1) is 12.2 Å². The van der Waals surface area contributed by atoms with Gasteiger partial charge in [-0.05, 0) is 51.0 Å². The highest BCUT2D eigenvalue weighted by Crippen LogP contribution is 2.23. The lowest BCUT2D eigenvalue weighted by Gasteiger charge is -2.17. The Hall–Kier alpha value is -1.48. The van der Waals surface area contributed by atoms with Crippen LogP contribution in [0.15, 0.2) is 30.5 Å². The van der Waals surface area contributed by atoms with Gasteiger partial charge in [-0.25, -0.2) is 0 Å². The highest BCUT2D eigenvalue weighted by Gasteiger charge is 2.12. The van der Waals surface area contributed by atoms with Gasteiger partial charge in [-0.2, -0.15) is 0 Å². The van der Waals surface area contributed by atoms with E-state index < -0.39 is 5.60 Å². The Morgan fingerprint density at radius 2 is 2.05 bits per heavy atom. The Morgan fingerprint density at radius 3 is 2.74 bits per heavy atom. The molecule has 1 N–H and O–H groups in total. The van der Waals surface area contributed by atoms with E-state index in [1.807, 2.05) is 19.9 Å². The van der Waals surface area contributed by atoms with Gasteiger partial charge in [0.15, 0.2) is 0 Å². The predicted molar refractivity (Wildman–Crippen MR) is 78.6 cm³/mol. The van der Waals surface area contributed by atoms with Crippen molar-refractivity contribution >= 4 is 10.9 Å². The average Bonchev–Trinajstić information content (AvgIpc) is 2.75. The van der Waals surface area contributed by atoms with Gasteiger partial charge in [0, 0.05) is 23.6 Å². The lowest BCUT2D eigenvalue weighted by molar-refractivity contribution is 0.0666. The first-order chi connectivity index (χ1) is 8.99. The van der Waals surface area contributed by atoms with Gasteiger partial charge >= 0.3 is 0 Å². The van der Waals surface area contributed by atoms with E-state index in [0.717, 1.165) is 31.7 Å². The molecule has 1 aromatic heterocycles. The minimum absolute atomic E-state index is 0.624. The zero-order valence-electron chi connectivity index (χ0n) is 12.0. The number of aryl methyl sites for hydroxylation is 1. The van der Waals surface area contributed by atoms with E-state index in [9.17, 15) is 5.11 Å². The second-order valence-corrected chi connectivity index (χ2v) is 5.64. The molecule has 0 bridgehead atoms. The van der Waals surface area contributed by atoms with Crippen LogP contribution in [0.3, 0.4) is 0 Å². The van der Waals surface area contributed by atoms with Crippen molar-refractivity contribution in [1.29, 1.82) is 0 Å². The lowest BCUT2D eigenvalue weighted by Crippen LogP contribution is -2.20. The van der Waals surface area contributed by atoms with Crippen molar-refractivity contribution in [1.82, 2.24) is 4.57 Å². The molecular formula is C16H23NO2. The van der Waals surface area contributed by atoms with E-state index in [2.05, 4.69) is 35.9 Å². The Bertz CT molecular complexity index is 537. The molecule has 1 heterocycles. The lowest BCUT2D eigenvalue weighted by atomic mass is 10.1. The maximum atomic E-state index is 9.80. The summed E-state index contributed by atoms with van der Waals surface area (Å²) in [6.07, 6.45) is 3.83. The van der Waals surface area contributed by atoms with E-state index in [1.54, 1.807) is 0 Å². The zero-order valence-corrected chi connectivity index (χ0v) is 12.0. The Morgan fingerprint density at radius 1 is 1.26 bits per heavy atom. The minimum atomic E-state index is -0.624. The molecule has 0 saturated carbocycles. The molecule has 0 aliphatic rings. The number of hydrogen-bond donors (Lipinski definition) is 1. The van der Waals surface area contributed by atoms with Crippen LogP contribution in [0.1, 0.15) is 33.6 Å². The number of benzene rings is 1. The smallest absolute Gasteiger partial charge is 0.120 e. The molecule has 0 saturated heterocycles. The van der Waals surface area contributed by atoms with Gasteiger partial charge in [0.25, 0.3) is 0 Å². The number of hydrogen-bond acceptors (Lipinski definition) is 2. The summed E-state index contributed by atoms with van der Waals surface area (Å²) in [5, 5.41) is 11.0. The van der Waals surface area contributed by atoms with Crippen LogP contribution in [0.4, 0.5) is 0 Å². The summed E-state index contributed by atoms with van der Waals surface area (Å²) < 4.78 is 7.81. The molecule has 3 nitrogen and oxygen atoms in total. The third-order valence-corrected chi connectivity index (χ3v) is 3.18. The molecule has 2 aromatic rings. The molecule has 0 atom stereocenters. The highest BCUT2D eigenvalue weighted by molar-refractivity contribution is 5.81. The van der Waals surface area contributed by atoms with Gasteiger partial charge in [0.1, 0.15) is 5.75 Å². The van der Waals surface area contributed by atoms with Crippen molar-refractivity contribution < 1.29 is 9.84 Å². The van der Waals surface area contributed by atoms with Crippen molar-refractivity contribution in [2.75, 3.05) is 6.61 Å². The second-order valence-electron chi connectivity index (χ2n) is 5.64. The fourth-order valence-corrected chi connectivity index (χ4v) is 2.08. The first-order valence-corrected chi connectivity index (χ1v) is 6.94. The summed E-state index contributed by atoms with van der Waals surface area (Å²) in [6.45, 7) is 7.36. The maximum absolute atomic E-state index is 9.80. The third-order valence-electron chi connectivity index (χ3n) is 3.18. The molecular weight excluding hydrogens is 238 g/mol. The highest BCUT2D eigenvalue weighted by atomic mass is 16.5. The van der Waals surface area contributed by atoms with Crippen LogP contribution in [-0.4, -0.2) is 21.9 Å². The van der Waals surface area contributed by atoms with Gasteiger partial charge in [0.2, 0.25) is 0 Å². The first-order valence-electron chi connectivity index (χ1n) is 6.94. The average molecular weight is 261 g/mol. The summed E-state index contributed by atoms with van der Waals surface area (Å²) in [4.78, 5) is 0. The molecule has 0 fully saturated rings. The largest absolute Gasteiger partial charge is 0.494 e. The van der Waals surface area contributed by atoms with E-state index >= 15 is 0 Å². The summed E-state index contributed by atoms with van der Waals surface area (Å²) in [6, 6.07) is 8.27. The number of nitrogens with zero attached hydrogens (tertiary/aromatic N) is 1. The second kappa shape index (κ2) is 5.66. The summed E-state index contributed by atoms with van der Waals surface area (Å²) in [5.41, 5.74) is 0.564. The van der Waals surface area contributed by atoms with E-state index in [4.69, 9.17) is 4.74 Å². The van der Waals surface area contributed by atoms with E-state index in [1.165, 1.54) is 10.9 Å². The van der Waals surface area contributed by atoms with Crippen LogP contribution in [0.5, 0.6) is 5.75 Å². The van der Waals surface area contributed by atoms with Crippen LogP contribution in [-0.2, 0) is 6.54 Å². The number of ether oxygens (including phenoxy) is 1. The summed E-state index contributed by atoms with van der Waals surface area (Å²) in [5.74, 6) is 0.926. The molecule has 3 heteroatoms. The van der Waals surface area contributed by atoms with Crippen LogP contribution in [0.2, 0.25) is 0 Å². The van der Waals surface area contributed by atoms with Crippen LogP contribution in [0, 0.1) is 0 Å². The van der Waals surface area contributed by atoms with Crippen molar-refractivity contribution in [2.45, 2.75) is 45.8 Å².